The van der Waals surface area contributed by atoms with Crippen LogP contribution in [0.5, 0.6) is 0 Å². The Balaban J connectivity index is 2.69. The number of nitro benzene ring substituents is 1. The summed E-state index contributed by atoms with van der Waals surface area (Å²) in [6.45, 7) is 5.72. The summed E-state index contributed by atoms with van der Waals surface area (Å²) in [6.07, 6.45) is 0.128. The number of nitro groups is 1. The SMILES string of the molecule is CC(C)(C)NC(=O)CCNc1cc(Cl)c(F)cc1[N+](=O)[O-]. The summed E-state index contributed by atoms with van der Waals surface area (Å²) in [6, 6.07) is 1.89. The van der Waals surface area contributed by atoms with Gasteiger partial charge in [0.1, 0.15) is 11.5 Å². The van der Waals surface area contributed by atoms with Gasteiger partial charge in [-0.05, 0) is 26.8 Å². The molecule has 0 aromatic heterocycles. The minimum absolute atomic E-state index is 0.0787. The Morgan fingerprint density at radius 2 is 2.05 bits per heavy atom. The fourth-order valence-corrected chi connectivity index (χ4v) is 1.78. The van der Waals surface area contributed by atoms with Crippen molar-refractivity contribution in [2.75, 3.05) is 11.9 Å². The molecule has 116 valence electrons. The number of nitrogens with zero attached hydrogens (tertiary/aromatic N) is 1. The maximum atomic E-state index is 13.2. The molecule has 0 saturated heterocycles. The predicted octanol–water partition coefficient (Wildman–Crippen LogP) is 3.10. The second-order valence-corrected chi connectivity index (χ2v) is 5.92. The van der Waals surface area contributed by atoms with Crippen molar-refractivity contribution in [2.24, 2.45) is 0 Å². The van der Waals surface area contributed by atoms with Crippen molar-refractivity contribution in [3.05, 3.63) is 33.1 Å². The molecule has 0 unspecified atom stereocenters. The van der Waals surface area contributed by atoms with E-state index in [4.69, 9.17) is 11.6 Å². The van der Waals surface area contributed by atoms with Crippen LogP contribution in [0.1, 0.15) is 27.2 Å². The molecule has 8 heteroatoms. The molecule has 2 N–H and O–H groups in total. The van der Waals surface area contributed by atoms with Gasteiger partial charge in [-0.15, -0.1) is 0 Å². The molecule has 0 aliphatic rings. The third-order valence-electron chi connectivity index (χ3n) is 2.42. The number of benzene rings is 1. The van der Waals surface area contributed by atoms with E-state index in [2.05, 4.69) is 10.6 Å². The normalized spacial score (nSPS) is 11.1. The van der Waals surface area contributed by atoms with E-state index in [9.17, 15) is 19.3 Å². The van der Waals surface area contributed by atoms with E-state index in [-0.39, 0.29) is 35.1 Å². The minimum atomic E-state index is -0.862. The van der Waals surface area contributed by atoms with Gasteiger partial charge in [0.15, 0.2) is 0 Å². The minimum Gasteiger partial charge on any atom is -0.379 e. The van der Waals surface area contributed by atoms with E-state index in [1.54, 1.807) is 0 Å². The number of nitrogens with one attached hydrogen (secondary N) is 2. The van der Waals surface area contributed by atoms with Crippen molar-refractivity contribution in [1.29, 1.82) is 0 Å². The lowest BCUT2D eigenvalue weighted by Crippen LogP contribution is -2.41. The van der Waals surface area contributed by atoms with Crippen LogP contribution in [0.15, 0.2) is 12.1 Å². The molecule has 1 aromatic carbocycles. The fourth-order valence-electron chi connectivity index (χ4n) is 1.62. The third kappa shape index (κ3) is 5.55. The number of hydrogen-bond donors (Lipinski definition) is 2. The van der Waals surface area contributed by atoms with E-state index >= 15 is 0 Å². The Morgan fingerprint density at radius 1 is 1.43 bits per heavy atom. The molecule has 0 heterocycles. The summed E-state index contributed by atoms with van der Waals surface area (Å²) in [4.78, 5) is 21.8. The van der Waals surface area contributed by atoms with Gasteiger partial charge in [0.2, 0.25) is 5.91 Å². The zero-order valence-corrected chi connectivity index (χ0v) is 12.8. The van der Waals surface area contributed by atoms with E-state index in [1.165, 1.54) is 0 Å². The first kappa shape index (κ1) is 17.2. The quantitative estimate of drug-likeness (QED) is 0.645. The van der Waals surface area contributed by atoms with Crippen LogP contribution >= 0.6 is 11.6 Å². The molecule has 0 radical (unpaired) electrons. The van der Waals surface area contributed by atoms with Gasteiger partial charge in [-0.2, -0.15) is 0 Å². The zero-order chi connectivity index (χ0) is 16.2. The lowest BCUT2D eigenvalue weighted by molar-refractivity contribution is -0.384. The molecule has 0 aliphatic carbocycles. The van der Waals surface area contributed by atoms with Crippen molar-refractivity contribution in [3.63, 3.8) is 0 Å². The van der Waals surface area contributed by atoms with Gasteiger partial charge in [-0.25, -0.2) is 4.39 Å². The molecule has 1 amide bonds. The Bertz CT molecular complexity index is 558. The van der Waals surface area contributed by atoms with Gasteiger partial charge >= 0.3 is 0 Å². The van der Waals surface area contributed by atoms with E-state index < -0.39 is 16.4 Å². The average Bonchev–Trinajstić information content (AvgIpc) is 2.30. The van der Waals surface area contributed by atoms with E-state index in [0.717, 1.165) is 12.1 Å². The first-order valence-electron chi connectivity index (χ1n) is 6.28. The molecule has 0 aliphatic heterocycles. The molecule has 1 aromatic rings. The summed E-state index contributed by atoms with van der Waals surface area (Å²) in [5, 5.41) is 16.1. The maximum Gasteiger partial charge on any atom is 0.295 e. The smallest absolute Gasteiger partial charge is 0.295 e. The fraction of sp³-hybridized carbons (Fsp3) is 0.462. The van der Waals surface area contributed by atoms with E-state index in [0.29, 0.717) is 0 Å². The van der Waals surface area contributed by atoms with Crippen LogP contribution in [0, 0.1) is 15.9 Å². The van der Waals surface area contributed by atoms with Gasteiger partial charge in [0, 0.05) is 18.5 Å². The molecule has 0 bridgehead atoms. The number of anilines is 1. The highest BCUT2D eigenvalue weighted by Gasteiger charge is 2.18. The maximum absolute atomic E-state index is 13.2. The van der Waals surface area contributed by atoms with Crippen LogP contribution in [-0.4, -0.2) is 22.9 Å². The molecule has 0 fully saturated rings. The Morgan fingerprint density at radius 3 is 2.57 bits per heavy atom. The van der Waals surface area contributed by atoms with Crippen LogP contribution in [0.25, 0.3) is 0 Å². The number of carbonyl (C=O) groups is 1. The molecule has 0 saturated carbocycles. The number of amides is 1. The first-order chi connectivity index (χ1) is 9.60. The van der Waals surface area contributed by atoms with Gasteiger partial charge in [-0.1, -0.05) is 11.6 Å². The molecular formula is C13H17ClFN3O3. The van der Waals surface area contributed by atoms with Crippen LogP contribution < -0.4 is 10.6 Å². The van der Waals surface area contributed by atoms with Crippen molar-refractivity contribution >= 4 is 28.9 Å². The summed E-state index contributed by atoms with van der Waals surface area (Å²) >= 11 is 5.60. The van der Waals surface area contributed by atoms with Gasteiger partial charge in [0.25, 0.3) is 5.69 Å². The molecule has 0 spiro atoms. The second kappa shape index (κ2) is 6.71. The molecule has 1 rings (SSSR count). The molecule has 0 atom stereocenters. The molecule has 6 nitrogen and oxygen atoms in total. The lowest BCUT2D eigenvalue weighted by atomic mass is 10.1. The largest absolute Gasteiger partial charge is 0.379 e. The topological polar surface area (TPSA) is 84.3 Å². The second-order valence-electron chi connectivity index (χ2n) is 5.52. The van der Waals surface area contributed by atoms with Crippen molar-refractivity contribution in [1.82, 2.24) is 5.32 Å². The van der Waals surface area contributed by atoms with Crippen LogP contribution in [-0.2, 0) is 4.79 Å². The highest BCUT2D eigenvalue weighted by molar-refractivity contribution is 6.31. The van der Waals surface area contributed by atoms with Crippen molar-refractivity contribution < 1.29 is 14.1 Å². The molecular weight excluding hydrogens is 301 g/mol. The third-order valence-corrected chi connectivity index (χ3v) is 2.71. The van der Waals surface area contributed by atoms with Crippen LogP contribution in [0.2, 0.25) is 5.02 Å². The monoisotopic (exact) mass is 317 g/mol. The molecule has 21 heavy (non-hydrogen) atoms. The highest BCUT2D eigenvalue weighted by atomic mass is 35.5. The van der Waals surface area contributed by atoms with Gasteiger partial charge in [-0.3, -0.25) is 14.9 Å². The Labute approximate surface area is 126 Å². The van der Waals surface area contributed by atoms with E-state index in [1.807, 2.05) is 20.8 Å². The van der Waals surface area contributed by atoms with Crippen LogP contribution in [0.4, 0.5) is 15.8 Å². The van der Waals surface area contributed by atoms with Crippen LogP contribution in [0.3, 0.4) is 0 Å². The Kier molecular flexibility index (Phi) is 5.48. The summed E-state index contributed by atoms with van der Waals surface area (Å²) in [7, 11) is 0. The summed E-state index contributed by atoms with van der Waals surface area (Å²) in [5.41, 5.74) is -0.689. The number of halogens is 2. The van der Waals surface area contributed by atoms with Crippen molar-refractivity contribution in [3.8, 4) is 0 Å². The number of rotatable bonds is 5. The number of hydrogen-bond acceptors (Lipinski definition) is 4. The van der Waals surface area contributed by atoms with Crippen molar-refractivity contribution in [2.45, 2.75) is 32.7 Å². The van der Waals surface area contributed by atoms with Gasteiger partial charge in [0.05, 0.1) is 16.0 Å². The predicted molar refractivity (Wildman–Crippen MR) is 79.1 cm³/mol. The lowest BCUT2D eigenvalue weighted by Gasteiger charge is -2.20. The standard InChI is InChI=1S/C13H17ClFN3O3/c1-13(2,3)17-12(19)4-5-16-10-6-8(14)9(15)7-11(10)18(20)21/h6-7,16H,4-5H2,1-3H3,(H,17,19). The zero-order valence-electron chi connectivity index (χ0n) is 12.0. The van der Waals surface area contributed by atoms with Gasteiger partial charge < -0.3 is 10.6 Å². The summed E-state index contributed by atoms with van der Waals surface area (Å²) < 4.78 is 13.2. The average molecular weight is 318 g/mol. The highest BCUT2D eigenvalue weighted by Crippen LogP contribution is 2.30. The number of carbonyl (C=O) groups excluding carboxylic acids is 1. The summed E-state index contributed by atoms with van der Waals surface area (Å²) in [5.74, 6) is -1.05. The first-order valence-corrected chi connectivity index (χ1v) is 6.66. The Hall–Kier alpha value is -1.89.